The molecule has 2 aromatic carbocycles. The van der Waals surface area contributed by atoms with Crippen LogP contribution in [0, 0.1) is 25.2 Å². The monoisotopic (exact) mass is 422 g/mol. The van der Waals surface area contributed by atoms with Gasteiger partial charge in [-0.2, -0.15) is 10.4 Å². The normalized spacial score (nSPS) is 11.4. The second-order valence-electron chi connectivity index (χ2n) is 6.67. The zero-order chi connectivity index (χ0) is 21.8. The van der Waals surface area contributed by atoms with E-state index in [9.17, 15) is 9.59 Å². The number of halogens is 1. The molecule has 0 aliphatic carbocycles. The molecule has 0 saturated heterocycles. The van der Waals surface area contributed by atoms with Crippen molar-refractivity contribution in [3.05, 3.63) is 76.1 Å². The molecule has 0 spiro atoms. The van der Waals surface area contributed by atoms with Crippen LogP contribution in [0.2, 0.25) is 5.02 Å². The summed E-state index contributed by atoms with van der Waals surface area (Å²) in [4.78, 5) is 24.7. The molecule has 1 unspecified atom stereocenters. The topological polar surface area (TPSA) is 97.0 Å². The molecule has 1 N–H and O–H groups in total. The van der Waals surface area contributed by atoms with Gasteiger partial charge in [0.1, 0.15) is 0 Å². The van der Waals surface area contributed by atoms with Crippen LogP contribution in [0.4, 0.5) is 5.69 Å². The van der Waals surface area contributed by atoms with Gasteiger partial charge in [0.2, 0.25) is 0 Å². The number of hydrogen-bond donors (Lipinski definition) is 1. The van der Waals surface area contributed by atoms with E-state index >= 15 is 0 Å². The molecule has 7 nitrogen and oxygen atoms in total. The minimum absolute atomic E-state index is 0.310. The second-order valence-corrected chi connectivity index (χ2v) is 7.05. The van der Waals surface area contributed by atoms with Gasteiger partial charge in [0, 0.05) is 5.69 Å². The number of nitriles is 1. The molecule has 0 aliphatic rings. The van der Waals surface area contributed by atoms with Crippen LogP contribution in [0.5, 0.6) is 0 Å². The van der Waals surface area contributed by atoms with E-state index in [0.717, 1.165) is 17.1 Å². The number of benzene rings is 2. The first-order valence-electron chi connectivity index (χ1n) is 9.14. The maximum Gasteiger partial charge on any atom is 0.338 e. The van der Waals surface area contributed by atoms with Gasteiger partial charge < -0.3 is 10.1 Å². The van der Waals surface area contributed by atoms with Crippen molar-refractivity contribution >= 4 is 29.2 Å². The molecule has 152 valence electrons. The predicted molar refractivity (Wildman–Crippen MR) is 113 cm³/mol. The molecule has 0 bridgehead atoms. The van der Waals surface area contributed by atoms with E-state index in [0.29, 0.717) is 21.8 Å². The number of amides is 1. The third-order valence-electron chi connectivity index (χ3n) is 4.49. The predicted octanol–water partition coefficient (Wildman–Crippen LogP) is 4.20. The lowest BCUT2D eigenvalue weighted by molar-refractivity contribution is -0.123. The van der Waals surface area contributed by atoms with E-state index in [1.165, 1.54) is 6.92 Å². The number of aromatic nitrogens is 2. The molecule has 1 amide bonds. The molecule has 3 aromatic rings. The van der Waals surface area contributed by atoms with Gasteiger partial charge in [-0.25, -0.2) is 9.48 Å². The van der Waals surface area contributed by atoms with Crippen LogP contribution in [0.15, 0.2) is 48.5 Å². The molecule has 30 heavy (non-hydrogen) atoms. The van der Waals surface area contributed by atoms with Crippen molar-refractivity contribution in [1.82, 2.24) is 9.78 Å². The van der Waals surface area contributed by atoms with Crippen LogP contribution in [0.25, 0.3) is 5.69 Å². The first kappa shape index (κ1) is 21.1. The summed E-state index contributed by atoms with van der Waals surface area (Å²) in [5, 5.41) is 16.4. The van der Waals surface area contributed by atoms with E-state index in [1.54, 1.807) is 53.2 Å². The van der Waals surface area contributed by atoms with Crippen molar-refractivity contribution in [2.45, 2.75) is 26.9 Å². The molecule has 8 heteroatoms. The molecular formula is C22H19ClN4O3. The summed E-state index contributed by atoms with van der Waals surface area (Å²) in [5.41, 5.74) is 3.58. The summed E-state index contributed by atoms with van der Waals surface area (Å²) >= 11 is 6.18. The van der Waals surface area contributed by atoms with Gasteiger partial charge in [-0.1, -0.05) is 11.6 Å². The van der Waals surface area contributed by atoms with Crippen LogP contribution in [0.3, 0.4) is 0 Å². The molecule has 1 aromatic heterocycles. The number of carbonyl (C=O) groups is 2. The highest BCUT2D eigenvalue weighted by Gasteiger charge is 2.19. The number of anilines is 1. The molecule has 1 heterocycles. The molecule has 0 fully saturated rings. The van der Waals surface area contributed by atoms with E-state index in [-0.39, 0.29) is 0 Å². The van der Waals surface area contributed by atoms with Crippen molar-refractivity contribution in [1.29, 1.82) is 5.26 Å². The van der Waals surface area contributed by atoms with Gasteiger partial charge >= 0.3 is 5.97 Å². The first-order chi connectivity index (χ1) is 14.3. The lowest BCUT2D eigenvalue weighted by Gasteiger charge is -2.14. The van der Waals surface area contributed by atoms with E-state index < -0.39 is 18.0 Å². The van der Waals surface area contributed by atoms with Crippen LogP contribution in [-0.4, -0.2) is 27.8 Å². The van der Waals surface area contributed by atoms with Gasteiger partial charge in [-0.15, -0.1) is 0 Å². The van der Waals surface area contributed by atoms with Gasteiger partial charge in [-0.05, 0) is 69.3 Å². The highest BCUT2D eigenvalue weighted by molar-refractivity contribution is 6.31. The summed E-state index contributed by atoms with van der Waals surface area (Å²) in [6.07, 6.45) is -0.998. The second kappa shape index (κ2) is 8.80. The maximum absolute atomic E-state index is 12.4. The zero-order valence-electron chi connectivity index (χ0n) is 16.6. The fourth-order valence-electron chi connectivity index (χ4n) is 2.77. The fraction of sp³-hybridized carbons (Fsp3) is 0.182. The fourth-order valence-corrected chi connectivity index (χ4v) is 2.89. The van der Waals surface area contributed by atoms with Crippen LogP contribution >= 0.6 is 11.6 Å². The summed E-state index contributed by atoms with van der Waals surface area (Å²) in [5.74, 6) is -1.09. The van der Waals surface area contributed by atoms with Crippen LogP contribution < -0.4 is 5.32 Å². The summed E-state index contributed by atoms with van der Waals surface area (Å²) in [6, 6.07) is 15.1. The Balaban J connectivity index is 1.64. The molecule has 1 atom stereocenters. The van der Waals surface area contributed by atoms with E-state index in [1.807, 2.05) is 19.9 Å². The third-order valence-corrected chi connectivity index (χ3v) is 5.03. The Morgan fingerprint density at radius 1 is 1.13 bits per heavy atom. The highest BCUT2D eigenvalue weighted by Crippen LogP contribution is 2.22. The number of hydrogen-bond acceptors (Lipinski definition) is 5. The smallest absolute Gasteiger partial charge is 0.338 e. The van der Waals surface area contributed by atoms with Crippen LogP contribution in [-0.2, 0) is 9.53 Å². The molecule has 0 aliphatic heterocycles. The van der Waals surface area contributed by atoms with Crippen molar-refractivity contribution in [3.63, 3.8) is 0 Å². The Labute approximate surface area is 178 Å². The van der Waals surface area contributed by atoms with Gasteiger partial charge in [0.15, 0.2) is 6.10 Å². The average molecular weight is 423 g/mol. The van der Waals surface area contributed by atoms with Crippen molar-refractivity contribution in [2.24, 2.45) is 0 Å². The minimum atomic E-state index is -0.998. The molecule has 0 radical (unpaired) electrons. The number of rotatable bonds is 5. The van der Waals surface area contributed by atoms with Crippen molar-refractivity contribution in [3.8, 4) is 11.8 Å². The maximum atomic E-state index is 12.4. The van der Waals surface area contributed by atoms with Crippen LogP contribution in [0.1, 0.15) is 34.2 Å². The number of esters is 1. The third kappa shape index (κ3) is 4.50. The van der Waals surface area contributed by atoms with Gasteiger partial charge in [0.25, 0.3) is 5.91 Å². The Hall–Kier alpha value is -3.63. The number of nitrogens with one attached hydrogen (secondary N) is 1. The van der Waals surface area contributed by atoms with Gasteiger partial charge in [-0.3, -0.25) is 4.79 Å². The first-order valence-corrected chi connectivity index (χ1v) is 9.52. The summed E-state index contributed by atoms with van der Waals surface area (Å²) in [6.45, 7) is 5.17. The Bertz CT molecular complexity index is 1130. The Kier molecular flexibility index (Phi) is 6.19. The van der Waals surface area contributed by atoms with E-state index in [4.69, 9.17) is 21.6 Å². The highest BCUT2D eigenvalue weighted by atomic mass is 35.5. The summed E-state index contributed by atoms with van der Waals surface area (Å²) in [7, 11) is 0. The van der Waals surface area contributed by atoms with E-state index in [2.05, 4.69) is 10.4 Å². The minimum Gasteiger partial charge on any atom is -0.449 e. The lowest BCUT2D eigenvalue weighted by atomic mass is 10.2. The lowest BCUT2D eigenvalue weighted by Crippen LogP contribution is -2.30. The Morgan fingerprint density at radius 3 is 2.30 bits per heavy atom. The molecule has 0 saturated carbocycles. The molecule has 3 rings (SSSR count). The number of aryl methyl sites for hydroxylation is 1. The molecular weight excluding hydrogens is 404 g/mol. The summed E-state index contributed by atoms with van der Waals surface area (Å²) < 4.78 is 6.96. The Morgan fingerprint density at radius 2 is 1.77 bits per heavy atom. The van der Waals surface area contributed by atoms with Crippen molar-refractivity contribution in [2.75, 3.05) is 5.32 Å². The number of carbonyl (C=O) groups excluding carboxylic acids is 2. The average Bonchev–Trinajstić information content (AvgIpc) is 3.01. The van der Waals surface area contributed by atoms with Crippen molar-refractivity contribution < 1.29 is 14.3 Å². The standard InChI is InChI=1S/C22H19ClN4O3/c1-13-20(23)14(2)27(26-13)19-10-6-17(7-11-19)22(29)30-15(3)21(28)25-18-8-4-16(12-24)5-9-18/h4-11,15H,1-3H3,(H,25,28). The number of nitrogens with zero attached hydrogens (tertiary/aromatic N) is 3. The largest absolute Gasteiger partial charge is 0.449 e. The SMILES string of the molecule is Cc1nn(-c2ccc(C(=O)OC(C)C(=O)Nc3ccc(C#N)cc3)cc2)c(C)c1Cl. The van der Waals surface area contributed by atoms with Gasteiger partial charge in [0.05, 0.1) is 39.3 Å². The quantitative estimate of drug-likeness (QED) is 0.621. The number of ether oxygens (including phenoxy) is 1. The zero-order valence-corrected chi connectivity index (χ0v) is 17.4.